The van der Waals surface area contributed by atoms with Crippen molar-refractivity contribution in [2.75, 3.05) is 14.2 Å². The largest absolute Gasteiger partial charge is 0.496 e. The topological polar surface area (TPSA) is 38.3 Å². The van der Waals surface area contributed by atoms with Crippen molar-refractivity contribution >= 4 is 10.8 Å². The van der Waals surface area contributed by atoms with E-state index in [9.17, 15) is 4.21 Å². The smallest absolute Gasteiger partial charge is 0.123 e. The van der Waals surface area contributed by atoms with Crippen LogP contribution < -0.4 is 10.1 Å². The van der Waals surface area contributed by atoms with Crippen molar-refractivity contribution in [2.45, 2.75) is 50.2 Å². The quantitative estimate of drug-likeness (QED) is 0.876. The summed E-state index contributed by atoms with van der Waals surface area (Å²) >= 11 is 0. The van der Waals surface area contributed by atoms with Gasteiger partial charge in [-0.1, -0.05) is 25.8 Å². The molecule has 0 heterocycles. The van der Waals surface area contributed by atoms with Gasteiger partial charge in [0.2, 0.25) is 0 Å². The summed E-state index contributed by atoms with van der Waals surface area (Å²) in [6.45, 7) is 3.10. The molecule has 3 unspecified atom stereocenters. The summed E-state index contributed by atoms with van der Waals surface area (Å²) in [7, 11) is 2.82. The molecule has 0 bridgehead atoms. The average molecular weight is 309 g/mol. The predicted molar refractivity (Wildman–Crippen MR) is 89.0 cm³/mol. The second-order valence-electron chi connectivity index (χ2n) is 6.10. The maximum Gasteiger partial charge on any atom is 0.123 e. The molecule has 0 aliphatic heterocycles. The molecule has 0 amide bonds. The van der Waals surface area contributed by atoms with E-state index in [0.29, 0.717) is 16.9 Å². The highest BCUT2D eigenvalue weighted by Gasteiger charge is 2.24. The van der Waals surface area contributed by atoms with Gasteiger partial charge in [-0.25, -0.2) is 0 Å². The molecule has 1 aromatic rings. The summed E-state index contributed by atoms with van der Waals surface area (Å²) in [6.07, 6.45) is 4.71. The van der Waals surface area contributed by atoms with Gasteiger partial charge in [0.1, 0.15) is 5.75 Å². The van der Waals surface area contributed by atoms with Crippen LogP contribution in [0.3, 0.4) is 0 Å². The number of hydrogen-bond donors (Lipinski definition) is 1. The van der Waals surface area contributed by atoms with Crippen molar-refractivity contribution < 1.29 is 8.95 Å². The highest BCUT2D eigenvalue weighted by atomic mass is 32.2. The van der Waals surface area contributed by atoms with Crippen molar-refractivity contribution in [1.29, 1.82) is 0 Å². The molecule has 4 heteroatoms. The highest BCUT2D eigenvalue weighted by Crippen LogP contribution is 2.30. The Hall–Kier alpha value is -0.870. The summed E-state index contributed by atoms with van der Waals surface area (Å²) < 4.78 is 18.1. The van der Waals surface area contributed by atoms with Crippen molar-refractivity contribution in [3.05, 3.63) is 29.3 Å². The van der Waals surface area contributed by atoms with Gasteiger partial charge in [-0.3, -0.25) is 4.21 Å². The molecule has 1 aliphatic carbocycles. The maximum atomic E-state index is 12.7. The number of nitrogens with one attached hydrogen (secondary N) is 1. The van der Waals surface area contributed by atoms with Crippen LogP contribution in [0.15, 0.2) is 18.2 Å². The van der Waals surface area contributed by atoms with Crippen molar-refractivity contribution in [2.24, 2.45) is 5.92 Å². The predicted octanol–water partition coefficient (Wildman–Crippen LogP) is 3.24. The summed E-state index contributed by atoms with van der Waals surface area (Å²) in [6, 6.07) is 6.17. The Morgan fingerprint density at radius 1 is 1.38 bits per heavy atom. The van der Waals surface area contributed by atoms with E-state index in [0.717, 1.165) is 30.7 Å². The Labute approximate surface area is 130 Å². The van der Waals surface area contributed by atoms with Crippen LogP contribution in [0.5, 0.6) is 5.75 Å². The third-order valence-electron chi connectivity index (χ3n) is 4.28. The van der Waals surface area contributed by atoms with Gasteiger partial charge in [0, 0.05) is 28.2 Å². The number of hydrogen-bond acceptors (Lipinski definition) is 3. The number of ether oxygens (including phenoxy) is 1. The van der Waals surface area contributed by atoms with Crippen molar-refractivity contribution in [3.8, 4) is 5.75 Å². The normalized spacial score (nSPS) is 23.8. The first kappa shape index (κ1) is 16.5. The molecule has 2 rings (SSSR count). The van der Waals surface area contributed by atoms with Crippen molar-refractivity contribution in [3.63, 3.8) is 0 Å². The van der Waals surface area contributed by atoms with Crippen LogP contribution in [-0.2, 0) is 23.1 Å². The lowest BCUT2D eigenvalue weighted by Gasteiger charge is -2.26. The molecule has 21 heavy (non-hydrogen) atoms. The first-order valence-electron chi connectivity index (χ1n) is 7.81. The fourth-order valence-corrected chi connectivity index (χ4v) is 4.89. The van der Waals surface area contributed by atoms with Crippen LogP contribution in [-0.4, -0.2) is 23.6 Å². The fraction of sp³-hybridized carbons (Fsp3) is 0.647. The maximum absolute atomic E-state index is 12.7. The van der Waals surface area contributed by atoms with E-state index >= 15 is 0 Å². The zero-order valence-corrected chi connectivity index (χ0v) is 14.2. The summed E-state index contributed by atoms with van der Waals surface area (Å²) in [5.74, 6) is 2.18. The second kappa shape index (κ2) is 7.95. The van der Waals surface area contributed by atoms with Gasteiger partial charge in [0.15, 0.2) is 0 Å². The molecular weight excluding hydrogens is 282 g/mol. The Morgan fingerprint density at radius 3 is 2.86 bits per heavy atom. The first-order valence-corrected chi connectivity index (χ1v) is 9.19. The Bertz CT molecular complexity index is 490. The number of rotatable bonds is 6. The highest BCUT2D eigenvalue weighted by molar-refractivity contribution is 7.84. The Kier molecular flexibility index (Phi) is 6.24. The van der Waals surface area contributed by atoms with Gasteiger partial charge in [0.05, 0.1) is 12.9 Å². The third-order valence-corrected chi connectivity index (χ3v) is 6.05. The van der Waals surface area contributed by atoms with Crippen LogP contribution in [0.2, 0.25) is 0 Å². The lowest BCUT2D eigenvalue weighted by Crippen LogP contribution is -2.24. The molecule has 0 saturated heterocycles. The lowest BCUT2D eigenvalue weighted by molar-refractivity contribution is 0.388. The van der Waals surface area contributed by atoms with Crippen LogP contribution in [0, 0.1) is 5.92 Å². The molecule has 3 nitrogen and oxygen atoms in total. The zero-order valence-electron chi connectivity index (χ0n) is 13.4. The van der Waals surface area contributed by atoms with Gasteiger partial charge >= 0.3 is 0 Å². The third kappa shape index (κ3) is 4.55. The van der Waals surface area contributed by atoms with Gasteiger partial charge in [-0.2, -0.15) is 0 Å². The molecule has 1 aliphatic rings. The molecule has 0 aromatic heterocycles. The summed E-state index contributed by atoms with van der Waals surface area (Å²) in [5, 5.41) is 3.51. The minimum atomic E-state index is -0.803. The SMILES string of the molecule is CNCc1ccc(OC)c(CS(=O)C2CCCC(C)C2)c1. The standard InChI is InChI=1S/C17H27NO2S/c1-13-5-4-6-16(9-13)21(19)12-15-10-14(11-18-2)7-8-17(15)20-3/h7-8,10,13,16,18H,4-6,9,11-12H2,1-3H3. The molecule has 1 fully saturated rings. The van der Waals surface area contributed by atoms with Gasteiger partial charge in [-0.05, 0) is 43.5 Å². The van der Waals surface area contributed by atoms with E-state index in [-0.39, 0.29) is 0 Å². The van der Waals surface area contributed by atoms with E-state index in [1.807, 2.05) is 13.1 Å². The molecule has 0 spiro atoms. The molecule has 3 atom stereocenters. The zero-order chi connectivity index (χ0) is 15.2. The Morgan fingerprint density at radius 2 is 2.19 bits per heavy atom. The van der Waals surface area contributed by atoms with Crippen LogP contribution in [0.25, 0.3) is 0 Å². The monoisotopic (exact) mass is 309 g/mol. The minimum Gasteiger partial charge on any atom is -0.496 e. The molecular formula is C17H27NO2S. The van der Waals surface area contributed by atoms with E-state index in [2.05, 4.69) is 24.4 Å². The number of methoxy groups -OCH3 is 1. The van der Waals surface area contributed by atoms with E-state index in [4.69, 9.17) is 4.74 Å². The summed E-state index contributed by atoms with van der Waals surface area (Å²) in [5.41, 5.74) is 2.28. The first-order chi connectivity index (χ1) is 10.1. The van der Waals surface area contributed by atoms with E-state index in [1.165, 1.54) is 18.4 Å². The summed E-state index contributed by atoms with van der Waals surface area (Å²) in [4.78, 5) is 0. The second-order valence-corrected chi connectivity index (χ2v) is 7.81. The van der Waals surface area contributed by atoms with Gasteiger partial charge in [0.25, 0.3) is 0 Å². The minimum absolute atomic E-state index is 0.353. The number of benzene rings is 1. The van der Waals surface area contributed by atoms with E-state index in [1.54, 1.807) is 7.11 Å². The van der Waals surface area contributed by atoms with Crippen LogP contribution in [0.1, 0.15) is 43.7 Å². The molecule has 1 saturated carbocycles. The Balaban J connectivity index is 2.09. The van der Waals surface area contributed by atoms with Gasteiger partial charge < -0.3 is 10.1 Å². The van der Waals surface area contributed by atoms with E-state index < -0.39 is 10.8 Å². The average Bonchev–Trinajstić information content (AvgIpc) is 2.48. The molecule has 1 aromatic carbocycles. The van der Waals surface area contributed by atoms with Crippen molar-refractivity contribution in [1.82, 2.24) is 5.32 Å². The molecule has 118 valence electrons. The fourth-order valence-electron chi connectivity index (χ4n) is 3.15. The van der Waals surface area contributed by atoms with Gasteiger partial charge in [-0.15, -0.1) is 0 Å². The van der Waals surface area contributed by atoms with Crippen LogP contribution >= 0.6 is 0 Å². The molecule has 1 N–H and O–H groups in total. The molecule has 0 radical (unpaired) electrons. The lowest BCUT2D eigenvalue weighted by atomic mass is 9.91. The van der Waals surface area contributed by atoms with Crippen LogP contribution in [0.4, 0.5) is 0 Å².